The predicted molar refractivity (Wildman–Crippen MR) is 63.5 cm³/mol. The molecule has 2 nitrogen and oxygen atoms in total. The fourth-order valence-electron chi connectivity index (χ4n) is 1.56. The molecule has 0 aliphatic rings. The van der Waals surface area contributed by atoms with Gasteiger partial charge in [-0.3, -0.25) is 0 Å². The van der Waals surface area contributed by atoms with E-state index in [0.717, 1.165) is 6.07 Å². The maximum atomic E-state index is 13.6. The largest absolute Gasteiger partial charge is 0.397 e. The molecule has 1 rings (SSSR count). The van der Waals surface area contributed by atoms with Gasteiger partial charge >= 0.3 is 0 Å². The Bertz CT molecular complexity index is 378. The van der Waals surface area contributed by atoms with Crippen molar-refractivity contribution < 1.29 is 8.78 Å². The highest BCUT2D eigenvalue weighted by molar-refractivity contribution is 5.68. The zero-order valence-electron chi connectivity index (χ0n) is 10.1. The fourth-order valence-corrected chi connectivity index (χ4v) is 1.56. The fraction of sp³-hybridized carbons (Fsp3) is 0.500. The quantitative estimate of drug-likeness (QED) is 0.806. The Labute approximate surface area is 95.1 Å². The lowest BCUT2D eigenvalue weighted by Crippen LogP contribution is -2.34. The van der Waals surface area contributed by atoms with Crippen LogP contribution >= 0.6 is 0 Å². The van der Waals surface area contributed by atoms with Gasteiger partial charge in [-0.1, -0.05) is 13.8 Å². The first-order valence-electron chi connectivity index (χ1n) is 5.32. The topological polar surface area (TPSA) is 29.3 Å². The second kappa shape index (κ2) is 4.68. The number of nitrogens with two attached hydrogens (primary N) is 1. The first-order valence-corrected chi connectivity index (χ1v) is 5.32. The second-order valence-electron chi connectivity index (χ2n) is 4.39. The van der Waals surface area contributed by atoms with E-state index in [9.17, 15) is 8.78 Å². The van der Waals surface area contributed by atoms with Gasteiger partial charge in [-0.25, -0.2) is 8.78 Å². The van der Waals surface area contributed by atoms with Crippen LogP contribution in [0.2, 0.25) is 0 Å². The van der Waals surface area contributed by atoms with E-state index >= 15 is 0 Å². The molecule has 1 aromatic carbocycles. The molecule has 0 saturated heterocycles. The highest BCUT2D eigenvalue weighted by atomic mass is 19.2. The molecule has 2 N–H and O–H groups in total. The summed E-state index contributed by atoms with van der Waals surface area (Å²) >= 11 is 0. The molecule has 0 radical (unpaired) electrons. The molecular formula is C12H18F2N2. The Morgan fingerprint density at radius 2 is 1.75 bits per heavy atom. The van der Waals surface area contributed by atoms with Crippen LogP contribution < -0.4 is 10.6 Å². The average molecular weight is 228 g/mol. The molecule has 0 spiro atoms. The SMILES string of the molecule is CC(C)C(C)N(C)c1c(N)ccc(F)c1F. The number of hydrogen-bond donors (Lipinski definition) is 1. The van der Waals surface area contributed by atoms with Gasteiger partial charge in [0.15, 0.2) is 11.6 Å². The molecule has 0 bridgehead atoms. The summed E-state index contributed by atoms with van der Waals surface area (Å²) in [7, 11) is 1.72. The monoisotopic (exact) mass is 228 g/mol. The highest BCUT2D eigenvalue weighted by Gasteiger charge is 2.21. The Kier molecular flexibility index (Phi) is 3.73. The predicted octanol–water partition coefficient (Wildman–Crippen LogP) is 3.03. The van der Waals surface area contributed by atoms with Crippen molar-refractivity contribution in [1.82, 2.24) is 0 Å². The van der Waals surface area contributed by atoms with E-state index < -0.39 is 11.6 Å². The summed E-state index contributed by atoms with van der Waals surface area (Å²) in [5.74, 6) is -1.42. The molecular weight excluding hydrogens is 210 g/mol. The minimum Gasteiger partial charge on any atom is -0.397 e. The Morgan fingerprint density at radius 1 is 1.19 bits per heavy atom. The van der Waals surface area contributed by atoms with E-state index in [1.165, 1.54) is 6.07 Å². The van der Waals surface area contributed by atoms with Gasteiger partial charge in [-0.05, 0) is 25.0 Å². The van der Waals surface area contributed by atoms with E-state index in [-0.39, 0.29) is 17.4 Å². The van der Waals surface area contributed by atoms with E-state index in [1.54, 1.807) is 11.9 Å². The van der Waals surface area contributed by atoms with Crippen molar-refractivity contribution in [2.75, 3.05) is 17.7 Å². The van der Waals surface area contributed by atoms with E-state index in [2.05, 4.69) is 0 Å². The maximum absolute atomic E-state index is 13.6. The molecule has 4 heteroatoms. The van der Waals surface area contributed by atoms with Crippen LogP contribution in [-0.2, 0) is 0 Å². The van der Waals surface area contributed by atoms with Gasteiger partial charge in [-0.2, -0.15) is 0 Å². The van der Waals surface area contributed by atoms with Crippen LogP contribution in [0.25, 0.3) is 0 Å². The smallest absolute Gasteiger partial charge is 0.184 e. The zero-order chi connectivity index (χ0) is 12.5. The van der Waals surface area contributed by atoms with E-state index in [1.807, 2.05) is 20.8 Å². The number of rotatable bonds is 3. The zero-order valence-corrected chi connectivity index (χ0v) is 10.1. The lowest BCUT2D eigenvalue weighted by atomic mass is 10.0. The van der Waals surface area contributed by atoms with Crippen molar-refractivity contribution in [2.24, 2.45) is 5.92 Å². The van der Waals surface area contributed by atoms with E-state index in [0.29, 0.717) is 5.92 Å². The van der Waals surface area contributed by atoms with Crippen LogP contribution in [-0.4, -0.2) is 13.1 Å². The minimum absolute atomic E-state index is 0.0820. The van der Waals surface area contributed by atoms with Gasteiger partial charge in [0.05, 0.1) is 11.4 Å². The summed E-state index contributed by atoms with van der Waals surface area (Å²) in [5, 5.41) is 0. The third-order valence-corrected chi connectivity index (χ3v) is 3.03. The van der Waals surface area contributed by atoms with Crippen molar-refractivity contribution in [2.45, 2.75) is 26.8 Å². The van der Waals surface area contributed by atoms with Crippen molar-refractivity contribution in [3.8, 4) is 0 Å². The van der Waals surface area contributed by atoms with Gasteiger partial charge in [0.1, 0.15) is 0 Å². The molecule has 0 heterocycles. The Morgan fingerprint density at radius 3 is 2.25 bits per heavy atom. The first-order chi connectivity index (χ1) is 7.36. The lowest BCUT2D eigenvalue weighted by molar-refractivity contribution is 0.479. The standard InChI is InChI=1S/C12H18F2N2/c1-7(2)8(3)16(4)12-10(15)6-5-9(13)11(12)14/h5-8H,15H2,1-4H3. The Balaban J connectivity index is 3.17. The molecule has 0 fully saturated rings. The molecule has 1 unspecified atom stereocenters. The molecule has 90 valence electrons. The van der Waals surface area contributed by atoms with Crippen molar-refractivity contribution in [3.63, 3.8) is 0 Å². The van der Waals surface area contributed by atoms with Gasteiger partial charge in [0.25, 0.3) is 0 Å². The molecule has 0 amide bonds. The van der Waals surface area contributed by atoms with Crippen LogP contribution in [0.15, 0.2) is 12.1 Å². The van der Waals surface area contributed by atoms with Gasteiger partial charge in [-0.15, -0.1) is 0 Å². The van der Waals surface area contributed by atoms with Gasteiger partial charge in [0, 0.05) is 13.1 Å². The summed E-state index contributed by atoms with van der Waals surface area (Å²) < 4.78 is 26.8. The highest BCUT2D eigenvalue weighted by Crippen LogP contribution is 2.30. The summed E-state index contributed by atoms with van der Waals surface area (Å²) in [4.78, 5) is 1.68. The third-order valence-electron chi connectivity index (χ3n) is 3.03. The first kappa shape index (κ1) is 12.7. The van der Waals surface area contributed by atoms with Crippen LogP contribution in [0.3, 0.4) is 0 Å². The second-order valence-corrected chi connectivity index (χ2v) is 4.39. The summed E-state index contributed by atoms with van der Waals surface area (Å²) in [5.41, 5.74) is 6.08. The van der Waals surface area contributed by atoms with Crippen LogP contribution in [0.1, 0.15) is 20.8 Å². The summed E-state index contributed by atoms with van der Waals surface area (Å²) in [6.07, 6.45) is 0. The summed E-state index contributed by atoms with van der Waals surface area (Å²) in [6, 6.07) is 2.51. The number of benzene rings is 1. The molecule has 0 aliphatic heterocycles. The molecule has 0 aliphatic carbocycles. The molecule has 0 saturated carbocycles. The molecule has 0 aromatic heterocycles. The number of nitrogen functional groups attached to an aromatic ring is 1. The van der Waals surface area contributed by atoms with Crippen molar-refractivity contribution in [3.05, 3.63) is 23.8 Å². The number of nitrogens with zero attached hydrogens (tertiary/aromatic N) is 1. The molecule has 16 heavy (non-hydrogen) atoms. The molecule has 1 atom stereocenters. The normalized spacial score (nSPS) is 12.9. The molecule has 1 aromatic rings. The third kappa shape index (κ3) is 2.26. The van der Waals surface area contributed by atoms with Gasteiger partial charge in [0.2, 0.25) is 0 Å². The maximum Gasteiger partial charge on any atom is 0.184 e. The van der Waals surface area contributed by atoms with E-state index in [4.69, 9.17) is 5.73 Å². The van der Waals surface area contributed by atoms with Gasteiger partial charge < -0.3 is 10.6 Å². The average Bonchev–Trinajstić information content (AvgIpc) is 2.22. The summed E-state index contributed by atoms with van der Waals surface area (Å²) in [6.45, 7) is 6.00. The number of halogens is 2. The van der Waals surface area contributed by atoms with Crippen LogP contribution in [0, 0.1) is 17.6 Å². The Hall–Kier alpha value is -1.32. The number of hydrogen-bond acceptors (Lipinski definition) is 2. The number of anilines is 2. The van der Waals surface area contributed by atoms with Crippen molar-refractivity contribution >= 4 is 11.4 Å². The van der Waals surface area contributed by atoms with Crippen molar-refractivity contribution in [1.29, 1.82) is 0 Å². The minimum atomic E-state index is -0.880. The van der Waals surface area contributed by atoms with Crippen LogP contribution in [0.5, 0.6) is 0 Å². The lowest BCUT2D eigenvalue weighted by Gasteiger charge is -2.31. The van der Waals surface area contributed by atoms with Crippen LogP contribution in [0.4, 0.5) is 20.2 Å².